The number of hydrazone groups is 1. The highest BCUT2D eigenvalue weighted by molar-refractivity contribution is 6.42. The van der Waals surface area contributed by atoms with Gasteiger partial charge in [-0.25, -0.2) is 5.43 Å². The number of hydrogen-bond acceptors (Lipinski definition) is 4. The Bertz CT molecular complexity index is 809. The van der Waals surface area contributed by atoms with Crippen molar-refractivity contribution in [1.82, 2.24) is 5.43 Å². The largest absolute Gasteiger partial charge is 0.271 e. The van der Waals surface area contributed by atoms with E-state index in [1.807, 2.05) is 0 Å². The molecule has 0 atom stereocenters. The number of rotatable bonds is 4. The lowest BCUT2D eigenvalue weighted by Gasteiger charge is -2.02. The van der Waals surface area contributed by atoms with Crippen molar-refractivity contribution < 1.29 is 9.72 Å². The van der Waals surface area contributed by atoms with Gasteiger partial charge in [0.2, 0.25) is 0 Å². The smallest absolute Gasteiger partial charge is 0.267 e. The standard InChI is InChI=1S/C14H8Cl3N3O3/c15-11-4-2-10(20(22)23)5-9(11)7-18-19-14(21)8-1-3-12(16)13(17)6-8/h1-7H,(H,19,21)/b18-7-. The van der Waals surface area contributed by atoms with Crippen molar-refractivity contribution in [2.45, 2.75) is 0 Å². The molecule has 0 aromatic heterocycles. The molecule has 9 heteroatoms. The predicted octanol–water partition coefficient (Wildman–Crippen LogP) is 4.32. The van der Waals surface area contributed by atoms with Crippen LogP contribution in [0.5, 0.6) is 0 Å². The molecule has 0 heterocycles. The quantitative estimate of drug-likeness (QED) is 0.493. The molecule has 0 fully saturated rings. The van der Waals surface area contributed by atoms with E-state index in [-0.39, 0.29) is 21.3 Å². The lowest BCUT2D eigenvalue weighted by molar-refractivity contribution is -0.384. The third kappa shape index (κ3) is 4.41. The average Bonchev–Trinajstić information content (AvgIpc) is 2.51. The molecule has 0 aliphatic heterocycles. The fourth-order valence-electron chi connectivity index (χ4n) is 1.61. The summed E-state index contributed by atoms with van der Waals surface area (Å²) in [5.74, 6) is -0.513. The maximum Gasteiger partial charge on any atom is 0.271 e. The van der Waals surface area contributed by atoms with Crippen molar-refractivity contribution in [2.24, 2.45) is 5.10 Å². The molecule has 1 amide bonds. The van der Waals surface area contributed by atoms with Crippen LogP contribution in [0.4, 0.5) is 5.69 Å². The minimum absolute atomic E-state index is 0.133. The van der Waals surface area contributed by atoms with Crippen molar-refractivity contribution in [1.29, 1.82) is 0 Å². The summed E-state index contributed by atoms with van der Waals surface area (Å²) in [5, 5.41) is 15.3. The molecule has 118 valence electrons. The molecule has 6 nitrogen and oxygen atoms in total. The summed E-state index contributed by atoms with van der Waals surface area (Å²) < 4.78 is 0. The van der Waals surface area contributed by atoms with Crippen molar-refractivity contribution in [3.63, 3.8) is 0 Å². The Morgan fingerprint density at radius 2 is 1.78 bits per heavy atom. The molecule has 0 saturated carbocycles. The SMILES string of the molecule is O=C(N/N=C\c1cc([N+](=O)[O-])ccc1Cl)c1ccc(Cl)c(Cl)c1. The summed E-state index contributed by atoms with van der Waals surface area (Å²) in [6.07, 6.45) is 1.21. The minimum atomic E-state index is -0.554. The summed E-state index contributed by atoms with van der Waals surface area (Å²) >= 11 is 17.5. The van der Waals surface area contributed by atoms with Gasteiger partial charge in [-0.3, -0.25) is 14.9 Å². The maximum atomic E-state index is 11.9. The molecule has 0 aliphatic carbocycles. The molecule has 0 unspecified atom stereocenters. The minimum Gasteiger partial charge on any atom is -0.267 e. The van der Waals surface area contributed by atoms with Gasteiger partial charge in [0.25, 0.3) is 11.6 Å². The number of non-ortho nitro benzene ring substituents is 1. The van der Waals surface area contributed by atoms with Crippen LogP contribution >= 0.6 is 34.8 Å². The second kappa shape index (κ2) is 7.41. The van der Waals surface area contributed by atoms with E-state index in [0.717, 1.165) is 0 Å². The second-order valence-electron chi connectivity index (χ2n) is 4.29. The summed E-state index contributed by atoms with van der Waals surface area (Å²) in [7, 11) is 0. The van der Waals surface area contributed by atoms with Gasteiger partial charge in [0, 0.05) is 28.3 Å². The van der Waals surface area contributed by atoms with E-state index < -0.39 is 10.8 Å². The van der Waals surface area contributed by atoms with Crippen LogP contribution in [0.2, 0.25) is 15.1 Å². The van der Waals surface area contributed by atoms with Crippen molar-refractivity contribution in [3.05, 3.63) is 72.7 Å². The first-order chi connectivity index (χ1) is 10.9. The monoisotopic (exact) mass is 371 g/mol. The Labute approximate surface area is 145 Å². The van der Waals surface area contributed by atoms with Crippen molar-refractivity contribution in [3.8, 4) is 0 Å². The number of hydrogen-bond donors (Lipinski definition) is 1. The van der Waals surface area contributed by atoms with Gasteiger partial charge in [0.1, 0.15) is 0 Å². The topological polar surface area (TPSA) is 84.6 Å². The maximum absolute atomic E-state index is 11.9. The number of benzene rings is 2. The molecule has 23 heavy (non-hydrogen) atoms. The van der Waals surface area contributed by atoms with Crippen LogP contribution in [0.3, 0.4) is 0 Å². The van der Waals surface area contributed by atoms with Gasteiger partial charge in [0.05, 0.1) is 21.2 Å². The molecule has 0 saturated heterocycles. The van der Waals surface area contributed by atoms with Crippen LogP contribution in [0.25, 0.3) is 0 Å². The molecule has 0 spiro atoms. The fraction of sp³-hybridized carbons (Fsp3) is 0. The molecule has 0 aliphatic rings. The number of carbonyl (C=O) groups excluding carboxylic acids is 1. The average molecular weight is 373 g/mol. The first-order valence-electron chi connectivity index (χ1n) is 6.11. The molecule has 0 radical (unpaired) electrons. The lowest BCUT2D eigenvalue weighted by atomic mass is 10.2. The number of nitro groups is 1. The van der Waals surface area contributed by atoms with Crippen LogP contribution in [-0.4, -0.2) is 17.0 Å². The third-order valence-electron chi connectivity index (χ3n) is 2.74. The molecule has 2 aromatic rings. The van der Waals surface area contributed by atoms with Gasteiger partial charge >= 0.3 is 0 Å². The summed E-state index contributed by atoms with van der Waals surface area (Å²) in [6, 6.07) is 8.27. The number of nitrogens with zero attached hydrogens (tertiary/aromatic N) is 2. The number of nitro benzene ring substituents is 1. The zero-order valence-corrected chi connectivity index (χ0v) is 13.6. The lowest BCUT2D eigenvalue weighted by Crippen LogP contribution is -2.17. The van der Waals surface area contributed by atoms with Gasteiger partial charge in [0.15, 0.2) is 0 Å². The van der Waals surface area contributed by atoms with E-state index in [2.05, 4.69) is 10.5 Å². The number of nitrogens with one attached hydrogen (secondary N) is 1. The highest BCUT2D eigenvalue weighted by atomic mass is 35.5. The van der Waals surface area contributed by atoms with Gasteiger partial charge < -0.3 is 0 Å². The second-order valence-corrected chi connectivity index (χ2v) is 5.51. The first kappa shape index (κ1) is 17.2. The van der Waals surface area contributed by atoms with Crippen LogP contribution in [0.1, 0.15) is 15.9 Å². The number of carbonyl (C=O) groups is 1. The van der Waals surface area contributed by atoms with Crippen LogP contribution in [0.15, 0.2) is 41.5 Å². The highest BCUT2D eigenvalue weighted by Gasteiger charge is 2.09. The Kier molecular flexibility index (Phi) is 5.54. The van der Waals surface area contributed by atoms with E-state index in [1.54, 1.807) is 0 Å². The fourth-order valence-corrected chi connectivity index (χ4v) is 2.07. The Morgan fingerprint density at radius 3 is 2.43 bits per heavy atom. The summed E-state index contributed by atoms with van der Waals surface area (Å²) in [4.78, 5) is 22.1. The zero-order valence-electron chi connectivity index (χ0n) is 11.3. The van der Waals surface area contributed by atoms with Gasteiger partial charge in [-0.1, -0.05) is 34.8 Å². The van der Waals surface area contributed by atoms with Crippen LogP contribution in [-0.2, 0) is 0 Å². The Morgan fingerprint density at radius 1 is 1.09 bits per heavy atom. The normalized spacial score (nSPS) is 10.7. The zero-order chi connectivity index (χ0) is 17.0. The van der Waals surface area contributed by atoms with Crippen LogP contribution in [0, 0.1) is 10.1 Å². The van der Waals surface area contributed by atoms with E-state index >= 15 is 0 Å². The molecule has 2 rings (SSSR count). The Hall–Kier alpha value is -2.15. The van der Waals surface area contributed by atoms with Crippen molar-refractivity contribution >= 4 is 52.6 Å². The molecular weight excluding hydrogens is 365 g/mol. The van der Waals surface area contributed by atoms with Gasteiger partial charge in [-0.15, -0.1) is 0 Å². The number of halogens is 3. The molecule has 2 aromatic carbocycles. The highest BCUT2D eigenvalue weighted by Crippen LogP contribution is 2.22. The number of amides is 1. The summed E-state index contributed by atoms with van der Waals surface area (Å²) in [6.45, 7) is 0. The third-order valence-corrected chi connectivity index (χ3v) is 3.83. The van der Waals surface area contributed by atoms with Crippen molar-refractivity contribution in [2.75, 3.05) is 0 Å². The molecular formula is C14H8Cl3N3O3. The predicted molar refractivity (Wildman–Crippen MR) is 89.6 cm³/mol. The summed E-state index contributed by atoms with van der Waals surface area (Å²) in [5.41, 5.74) is 2.70. The van der Waals surface area contributed by atoms with Crippen LogP contribution < -0.4 is 5.43 Å². The Balaban J connectivity index is 2.12. The van der Waals surface area contributed by atoms with Gasteiger partial charge in [-0.2, -0.15) is 5.10 Å². The van der Waals surface area contributed by atoms with E-state index in [9.17, 15) is 14.9 Å². The van der Waals surface area contributed by atoms with Gasteiger partial charge in [-0.05, 0) is 24.3 Å². The first-order valence-corrected chi connectivity index (χ1v) is 7.24. The molecule has 1 N–H and O–H groups in total. The van der Waals surface area contributed by atoms with E-state index in [1.165, 1.54) is 42.6 Å². The van der Waals surface area contributed by atoms with E-state index in [4.69, 9.17) is 34.8 Å². The van der Waals surface area contributed by atoms with E-state index in [0.29, 0.717) is 10.6 Å². The molecule has 0 bridgehead atoms.